The largest absolute Gasteiger partial charge is 0.326 e. The fourth-order valence-electron chi connectivity index (χ4n) is 3.25. The van der Waals surface area contributed by atoms with Crippen molar-refractivity contribution in [2.24, 2.45) is 5.92 Å². The molecule has 2 aromatic rings. The molecule has 1 fully saturated rings. The molecular weight excluding hydrogens is 342 g/mol. The first-order valence-corrected chi connectivity index (χ1v) is 8.89. The van der Waals surface area contributed by atoms with Gasteiger partial charge < -0.3 is 15.5 Å². The number of carbonyl (C=O) groups excluding carboxylic acids is 3. The fourth-order valence-corrected chi connectivity index (χ4v) is 3.25. The highest BCUT2D eigenvalue weighted by Gasteiger charge is 2.35. The molecule has 1 atom stereocenters. The maximum Gasteiger partial charge on any atom is 0.229 e. The monoisotopic (exact) mass is 365 g/mol. The number of hydrogen-bond donors (Lipinski definition) is 2. The Morgan fingerprint density at radius 3 is 2.37 bits per heavy atom. The zero-order valence-electron chi connectivity index (χ0n) is 15.7. The molecule has 1 aliphatic rings. The van der Waals surface area contributed by atoms with E-state index in [1.807, 2.05) is 32.0 Å². The average Bonchev–Trinajstić information content (AvgIpc) is 2.99. The number of nitrogens with one attached hydrogen (secondary N) is 2. The molecule has 1 saturated heterocycles. The van der Waals surface area contributed by atoms with E-state index in [1.165, 1.54) is 6.92 Å². The molecule has 0 aliphatic carbocycles. The van der Waals surface area contributed by atoms with Gasteiger partial charge in [-0.05, 0) is 49.7 Å². The predicted molar refractivity (Wildman–Crippen MR) is 106 cm³/mol. The van der Waals surface area contributed by atoms with E-state index < -0.39 is 5.92 Å². The molecule has 140 valence electrons. The highest BCUT2D eigenvalue weighted by Crippen LogP contribution is 2.27. The van der Waals surface area contributed by atoms with Gasteiger partial charge in [0.05, 0.1) is 5.92 Å². The second-order valence-corrected chi connectivity index (χ2v) is 6.94. The van der Waals surface area contributed by atoms with Gasteiger partial charge in [0.2, 0.25) is 17.7 Å². The molecule has 2 aromatic carbocycles. The second kappa shape index (κ2) is 7.61. The molecule has 27 heavy (non-hydrogen) atoms. The van der Waals surface area contributed by atoms with Crippen molar-refractivity contribution in [1.82, 2.24) is 0 Å². The van der Waals surface area contributed by atoms with Crippen LogP contribution in [0.5, 0.6) is 0 Å². The van der Waals surface area contributed by atoms with Crippen molar-refractivity contribution in [2.75, 3.05) is 22.1 Å². The molecule has 3 rings (SSSR count). The zero-order valence-corrected chi connectivity index (χ0v) is 15.7. The summed E-state index contributed by atoms with van der Waals surface area (Å²) in [6.45, 7) is 5.74. The van der Waals surface area contributed by atoms with E-state index in [0.717, 1.165) is 22.5 Å². The molecule has 1 unspecified atom stereocenters. The lowest BCUT2D eigenvalue weighted by Crippen LogP contribution is -2.28. The summed E-state index contributed by atoms with van der Waals surface area (Å²) in [5.74, 6) is -0.771. The summed E-state index contributed by atoms with van der Waals surface area (Å²) in [4.78, 5) is 37.7. The Labute approximate surface area is 158 Å². The normalized spacial score (nSPS) is 16.3. The second-order valence-electron chi connectivity index (χ2n) is 6.94. The van der Waals surface area contributed by atoms with Gasteiger partial charge in [0.25, 0.3) is 0 Å². The Bertz CT molecular complexity index is 890. The van der Waals surface area contributed by atoms with Crippen molar-refractivity contribution in [3.8, 4) is 0 Å². The molecule has 6 heteroatoms. The van der Waals surface area contributed by atoms with Crippen molar-refractivity contribution in [1.29, 1.82) is 0 Å². The van der Waals surface area contributed by atoms with Gasteiger partial charge in [0.1, 0.15) is 0 Å². The maximum atomic E-state index is 12.6. The molecule has 0 saturated carbocycles. The quantitative estimate of drug-likeness (QED) is 0.873. The number of benzene rings is 2. The number of anilines is 3. The van der Waals surface area contributed by atoms with Gasteiger partial charge >= 0.3 is 0 Å². The van der Waals surface area contributed by atoms with Gasteiger partial charge in [0.15, 0.2) is 0 Å². The minimum Gasteiger partial charge on any atom is -0.326 e. The van der Waals surface area contributed by atoms with Gasteiger partial charge in [-0.3, -0.25) is 14.4 Å². The van der Waals surface area contributed by atoms with E-state index in [9.17, 15) is 14.4 Å². The van der Waals surface area contributed by atoms with Gasteiger partial charge in [-0.1, -0.05) is 17.7 Å². The molecule has 1 heterocycles. The number of hydrogen-bond acceptors (Lipinski definition) is 3. The van der Waals surface area contributed by atoms with Crippen LogP contribution < -0.4 is 15.5 Å². The minimum atomic E-state index is -0.395. The van der Waals surface area contributed by atoms with Crippen LogP contribution in [0.15, 0.2) is 42.5 Å². The first-order valence-electron chi connectivity index (χ1n) is 8.89. The summed E-state index contributed by atoms with van der Waals surface area (Å²) in [5, 5.41) is 5.63. The first kappa shape index (κ1) is 18.6. The molecule has 0 aromatic heterocycles. The molecule has 0 radical (unpaired) electrons. The standard InChI is InChI=1S/C21H23N3O3/c1-13-4-9-19(14(2)10-13)23-21(27)16-11-20(26)24(12-16)18-7-5-17(6-8-18)22-15(3)25/h4-10,16H,11-12H2,1-3H3,(H,22,25)(H,23,27). The van der Waals surface area contributed by atoms with Crippen LogP contribution in [-0.2, 0) is 14.4 Å². The van der Waals surface area contributed by atoms with Gasteiger partial charge in [-0.25, -0.2) is 0 Å². The number of rotatable bonds is 4. The minimum absolute atomic E-state index is 0.0805. The van der Waals surface area contributed by atoms with E-state index >= 15 is 0 Å². The van der Waals surface area contributed by atoms with Crippen molar-refractivity contribution >= 4 is 34.8 Å². The Balaban J connectivity index is 1.67. The van der Waals surface area contributed by atoms with Crippen molar-refractivity contribution < 1.29 is 14.4 Å². The lowest BCUT2D eigenvalue weighted by Gasteiger charge is -2.17. The molecule has 0 bridgehead atoms. The Morgan fingerprint density at radius 2 is 1.74 bits per heavy atom. The van der Waals surface area contributed by atoms with Gasteiger partial charge in [-0.2, -0.15) is 0 Å². The van der Waals surface area contributed by atoms with Gasteiger partial charge in [-0.15, -0.1) is 0 Å². The lowest BCUT2D eigenvalue weighted by atomic mass is 10.1. The highest BCUT2D eigenvalue weighted by atomic mass is 16.2. The lowest BCUT2D eigenvalue weighted by molar-refractivity contribution is -0.122. The summed E-state index contributed by atoms with van der Waals surface area (Å²) in [5.41, 5.74) is 4.29. The third-order valence-corrected chi connectivity index (χ3v) is 4.63. The van der Waals surface area contributed by atoms with Crippen molar-refractivity contribution in [3.63, 3.8) is 0 Å². The van der Waals surface area contributed by atoms with Crippen LogP contribution in [0.2, 0.25) is 0 Å². The van der Waals surface area contributed by atoms with Crippen LogP contribution in [-0.4, -0.2) is 24.3 Å². The Kier molecular flexibility index (Phi) is 5.26. The SMILES string of the molecule is CC(=O)Nc1ccc(N2CC(C(=O)Nc3ccc(C)cc3C)CC2=O)cc1. The Morgan fingerprint density at radius 1 is 1.04 bits per heavy atom. The van der Waals surface area contributed by atoms with Crippen LogP contribution in [0.1, 0.15) is 24.5 Å². The third-order valence-electron chi connectivity index (χ3n) is 4.63. The van der Waals surface area contributed by atoms with Crippen LogP contribution in [0.25, 0.3) is 0 Å². The molecule has 0 spiro atoms. The first-order chi connectivity index (χ1) is 12.8. The summed E-state index contributed by atoms with van der Waals surface area (Å²) >= 11 is 0. The number of nitrogens with zero attached hydrogens (tertiary/aromatic N) is 1. The van der Waals surface area contributed by atoms with E-state index in [0.29, 0.717) is 12.2 Å². The van der Waals surface area contributed by atoms with E-state index in [-0.39, 0.29) is 24.1 Å². The van der Waals surface area contributed by atoms with E-state index in [4.69, 9.17) is 0 Å². The molecule has 3 amide bonds. The molecule has 2 N–H and O–H groups in total. The summed E-state index contributed by atoms with van der Waals surface area (Å²) in [6.07, 6.45) is 0.185. The van der Waals surface area contributed by atoms with Crippen LogP contribution >= 0.6 is 0 Å². The third kappa shape index (κ3) is 4.34. The zero-order chi connectivity index (χ0) is 19.6. The molecular formula is C21H23N3O3. The van der Waals surface area contributed by atoms with E-state index in [1.54, 1.807) is 29.2 Å². The number of carbonyl (C=O) groups is 3. The smallest absolute Gasteiger partial charge is 0.229 e. The number of amides is 3. The Hall–Kier alpha value is -3.15. The molecule has 6 nitrogen and oxygen atoms in total. The van der Waals surface area contributed by atoms with Crippen LogP contribution in [0.4, 0.5) is 17.1 Å². The van der Waals surface area contributed by atoms with Crippen LogP contribution in [0, 0.1) is 19.8 Å². The highest BCUT2D eigenvalue weighted by molar-refractivity contribution is 6.03. The van der Waals surface area contributed by atoms with Crippen molar-refractivity contribution in [3.05, 3.63) is 53.6 Å². The number of aryl methyl sites for hydroxylation is 2. The van der Waals surface area contributed by atoms with Crippen molar-refractivity contribution in [2.45, 2.75) is 27.2 Å². The summed E-state index contributed by atoms with van der Waals surface area (Å²) in [7, 11) is 0. The van der Waals surface area contributed by atoms with Gasteiger partial charge in [0, 0.05) is 37.0 Å². The van der Waals surface area contributed by atoms with E-state index in [2.05, 4.69) is 10.6 Å². The summed E-state index contributed by atoms with van der Waals surface area (Å²) in [6, 6.07) is 12.9. The summed E-state index contributed by atoms with van der Waals surface area (Å²) < 4.78 is 0. The fraction of sp³-hybridized carbons (Fsp3) is 0.286. The maximum absolute atomic E-state index is 12.6. The predicted octanol–water partition coefficient (Wildman–Crippen LogP) is 3.25. The average molecular weight is 365 g/mol. The topological polar surface area (TPSA) is 78.5 Å². The van der Waals surface area contributed by atoms with Crippen LogP contribution in [0.3, 0.4) is 0 Å². The molecule has 1 aliphatic heterocycles.